The van der Waals surface area contributed by atoms with Crippen LogP contribution in [-0.2, 0) is 10.0 Å². The molecular formula is C15H14BrN3O3S2. The lowest BCUT2D eigenvalue weighted by Gasteiger charge is -2.31. The minimum Gasteiger partial charge on any atom is -0.473 e. The van der Waals surface area contributed by atoms with Gasteiger partial charge in [-0.25, -0.2) is 13.4 Å². The van der Waals surface area contributed by atoms with Gasteiger partial charge in [0.1, 0.15) is 10.3 Å². The van der Waals surface area contributed by atoms with E-state index in [4.69, 9.17) is 10.00 Å². The fourth-order valence-electron chi connectivity index (χ4n) is 2.50. The van der Waals surface area contributed by atoms with Crippen molar-refractivity contribution in [3.8, 4) is 11.9 Å². The number of sulfonamides is 1. The van der Waals surface area contributed by atoms with Crippen molar-refractivity contribution < 1.29 is 13.2 Å². The number of nitriles is 1. The summed E-state index contributed by atoms with van der Waals surface area (Å²) in [6, 6.07) is 8.52. The SMILES string of the molecule is N#Cc1ccnc(OC2CCCN(S(=O)(=O)c3ccc(Br)s3)C2)c1. The molecule has 0 amide bonds. The lowest BCUT2D eigenvalue weighted by Crippen LogP contribution is -2.44. The predicted octanol–water partition coefficient (Wildman–Crippen LogP) is 3.01. The third-order valence-electron chi connectivity index (χ3n) is 3.63. The summed E-state index contributed by atoms with van der Waals surface area (Å²) >= 11 is 4.49. The van der Waals surface area contributed by atoms with E-state index in [0.717, 1.165) is 10.2 Å². The van der Waals surface area contributed by atoms with E-state index in [2.05, 4.69) is 20.9 Å². The molecule has 1 aliphatic heterocycles. The van der Waals surface area contributed by atoms with Gasteiger partial charge in [-0.3, -0.25) is 0 Å². The summed E-state index contributed by atoms with van der Waals surface area (Å²) in [5.74, 6) is 0.345. The Bertz CT molecular complexity index is 876. The second kappa shape index (κ2) is 7.19. The normalized spacial score (nSPS) is 18.9. The maximum Gasteiger partial charge on any atom is 0.252 e. The van der Waals surface area contributed by atoms with Crippen LogP contribution in [-0.4, -0.2) is 36.9 Å². The monoisotopic (exact) mass is 427 g/mol. The Labute approximate surface area is 152 Å². The molecule has 0 N–H and O–H groups in total. The molecule has 0 saturated carbocycles. The van der Waals surface area contributed by atoms with Gasteiger partial charge in [0.05, 0.1) is 22.0 Å². The van der Waals surface area contributed by atoms with Crippen LogP contribution in [0.25, 0.3) is 0 Å². The van der Waals surface area contributed by atoms with E-state index < -0.39 is 10.0 Å². The van der Waals surface area contributed by atoms with Gasteiger partial charge in [-0.1, -0.05) is 0 Å². The number of rotatable bonds is 4. The Balaban J connectivity index is 1.73. The van der Waals surface area contributed by atoms with Crippen molar-refractivity contribution in [1.29, 1.82) is 5.26 Å². The third-order valence-corrected chi connectivity index (χ3v) is 7.59. The van der Waals surface area contributed by atoms with Crippen molar-refractivity contribution in [2.24, 2.45) is 0 Å². The lowest BCUT2D eigenvalue weighted by atomic mass is 10.1. The zero-order valence-corrected chi connectivity index (χ0v) is 15.8. The van der Waals surface area contributed by atoms with Crippen LogP contribution in [0.3, 0.4) is 0 Å². The van der Waals surface area contributed by atoms with Gasteiger partial charge < -0.3 is 4.74 Å². The molecule has 24 heavy (non-hydrogen) atoms. The number of pyridine rings is 1. The van der Waals surface area contributed by atoms with Crippen molar-refractivity contribution >= 4 is 37.3 Å². The van der Waals surface area contributed by atoms with Gasteiger partial charge in [-0.2, -0.15) is 9.57 Å². The quantitative estimate of drug-likeness (QED) is 0.748. The minimum atomic E-state index is -3.51. The highest BCUT2D eigenvalue weighted by Crippen LogP contribution is 2.30. The van der Waals surface area contributed by atoms with Crippen molar-refractivity contribution in [3.05, 3.63) is 39.8 Å². The second-order valence-electron chi connectivity index (χ2n) is 5.30. The number of nitrogens with zero attached hydrogens (tertiary/aromatic N) is 3. The maximum atomic E-state index is 12.7. The Hall–Kier alpha value is -1.47. The summed E-state index contributed by atoms with van der Waals surface area (Å²) in [6.45, 7) is 0.750. The molecule has 0 bridgehead atoms. The van der Waals surface area contributed by atoms with Gasteiger partial charge >= 0.3 is 0 Å². The number of ether oxygens (including phenoxy) is 1. The summed E-state index contributed by atoms with van der Waals surface area (Å²) in [7, 11) is -3.51. The molecule has 6 nitrogen and oxygen atoms in total. The molecule has 9 heteroatoms. The fourth-order valence-corrected chi connectivity index (χ4v) is 6.17. The molecule has 0 spiro atoms. The molecule has 2 aromatic heterocycles. The van der Waals surface area contributed by atoms with E-state index in [0.29, 0.717) is 28.6 Å². The molecule has 0 aliphatic carbocycles. The van der Waals surface area contributed by atoms with E-state index in [1.807, 2.05) is 6.07 Å². The molecule has 2 aromatic rings. The summed E-state index contributed by atoms with van der Waals surface area (Å²) in [6.07, 6.45) is 2.69. The van der Waals surface area contributed by atoms with Crippen LogP contribution in [0, 0.1) is 11.3 Å². The van der Waals surface area contributed by atoms with E-state index in [1.165, 1.54) is 21.8 Å². The predicted molar refractivity (Wildman–Crippen MR) is 93.4 cm³/mol. The maximum absolute atomic E-state index is 12.7. The first-order valence-corrected chi connectivity index (χ1v) is 10.3. The Morgan fingerprint density at radius 3 is 2.96 bits per heavy atom. The van der Waals surface area contributed by atoms with Crippen LogP contribution < -0.4 is 4.74 Å². The number of halogens is 1. The standard InChI is InChI=1S/C15H14BrN3O3S2/c16-13-3-4-15(23-13)24(20,21)19-7-1-2-12(10-19)22-14-8-11(9-17)5-6-18-14/h3-6,8,12H,1-2,7,10H2. The summed E-state index contributed by atoms with van der Waals surface area (Å²) in [5, 5.41) is 8.92. The summed E-state index contributed by atoms with van der Waals surface area (Å²) in [5.41, 5.74) is 0.462. The fraction of sp³-hybridized carbons (Fsp3) is 0.333. The van der Waals surface area contributed by atoms with E-state index in [1.54, 1.807) is 24.3 Å². The number of hydrogen-bond donors (Lipinski definition) is 0. The number of aromatic nitrogens is 1. The molecule has 3 heterocycles. The van der Waals surface area contributed by atoms with Crippen molar-refractivity contribution in [1.82, 2.24) is 9.29 Å². The van der Waals surface area contributed by atoms with E-state index in [-0.39, 0.29) is 12.6 Å². The first kappa shape index (κ1) is 17.4. The van der Waals surface area contributed by atoms with Gasteiger partial charge in [0, 0.05) is 18.8 Å². The molecule has 3 rings (SSSR count). The van der Waals surface area contributed by atoms with Crippen LogP contribution >= 0.6 is 27.3 Å². The van der Waals surface area contributed by atoms with Crippen molar-refractivity contribution in [2.75, 3.05) is 13.1 Å². The van der Waals surface area contributed by atoms with Crippen molar-refractivity contribution in [2.45, 2.75) is 23.2 Å². The van der Waals surface area contributed by atoms with Gasteiger partial charge in [0.2, 0.25) is 5.88 Å². The van der Waals surface area contributed by atoms with Crippen LogP contribution in [0.5, 0.6) is 5.88 Å². The molecule has 1 saturated heterocycles. The topological polar surface area (TPSA) is 83.3 Å². The Morgan fingerprint density at radius 2 is 2.25 bits per heavy atom. The molecule has 1 atom stereocenters. The van der Waals surface area contributed by atoms with Crippen LogP contribution in [0.2, 0.25) is 0 Å². The average molecular weight is 428 g/mol. The first-order valence-electron chi connectivity index (χ1n) is 7.27. The van der Waals surface area contributed by atoms with Gasteiger partial charge in [-0.05, 0) is 47.0 Å². The highest BCUT2D eigenvalue weighted by atomic mass is 79.9. The van der Waals surface area contributed by atoms with Gasteiger partial charge in [0.25, 0.3) is 10.0 Å². The molecule has 1 fully saturated rings. The largest absolute Gasteiger partial charge is 0.473 e. The zero-order chi connectivity index (χ0) is 17.2. The molecule has 1 unspecified atom stereocenters. The van der Waals surface area contributed by atoms with E-state index in [9.17, 15) is 8.42 Å². The summed E-state index contributed by atoms with van der Waals surface area (Å²) < 4.78 is 33.7. The smallest absolute Gasteiger partial charge is 0.252 e. The van der Waals surface area contributed by atoms with Crippen LogP contribution in [0.4, 0.5) is 0 Å². The lowest BCUT2D eigenvalue weighted by molar-refractivity contribution is 0.125. The molecule has 0 radical (unpaired) electrons. The first-order chi connectivity index (χ1) is 11.5. The highest BCUT2D eigenvalue weighted by Gasteiger charge is 2.32. The third kappa shape index (κ3) is 3.78. The van der Waals surface area contributed by atoms with Crippen LogP contribution in [0.15, 0.2) is 38.5 Å². The van der Waals surface area contributed by atoms with Crippen LogP contribution in [0.1, 0.15) is 18.4 Å². The molecule has 126 valence electrons. The van der Waals surface area contributed by atoms with Crippen molar-refractivity contribution in [3.63, 3.8) is 0 Å². The second-order valence-corrected chi connectivity index (χ2v) is 9.93. The molecule has 1 aliphatic rings. The number of piperidine rings is 1. The number of thiophene rings is 1. The van der Waals surface area contributed by atoms with Gasteiger partial charge in [-0.15, -0.1) is 11.3 Å². The van der Waals surface area contributed by atoms with Gasteiger partial charge in [0.15, 0.2) is 0 Å². The minimum absolute atomic E-state index is 0.274. The highest BCUT2D eigenvalue weighted by molar-refractivity contribution is 9.11. The Kier molecular flexibility index (Phi) is 5.20. The molecule has 0 aromatic carbocycles. The Morgan fingerprint density at radius 1 is 1.42 bits per heavy atom. The zero-order valence-electron chi connectivity index (χ0n) is 12.6. The number of hydrogen-bond acceptors (Lipinski definition) is 6. The summed E-state index contributed by atoms with van der Waals surface area (Å²) in [4.78, 5) is 4.08. The molecular weight excluding hydrogens is 414 g/mol. The van der Waals surface area contributed by atoms with E-state index >= 15 is 0 Å². The average Bonchev–Trinajstić information content (AvgIpc) is 3.02.